The minimum Gasteiger partial charge on any atom is -0.497 e. The lowest BCUT2D eigenvalue weighted by molar-refractivity contribution is 0.414. The number of benzene rings is 2. The number of halogens is 2. The van der Waals surface area contributed by atoms with E-state index in [4.69, 9.17) is 22.2 Å². The highest BCUT2D eigenvalue weighted by molar-refractivity contribution is 9.10. The van der Waals surface area contributed by atoms with Crippen molar-refractivity contribution < 1.29 is 4.74 Å². The van der Waals surface area contributed by atoms with Crippen molar-refractivity contribution in [3.63, 3.8) is 0 Å². The molecule has 100 valence electrons. The SMILES string of the molecule is COc1ccc(C(NN)c2cc(Cl)ccc2Br)cc1. The molecule has 0 aliphatic rings. The van der Waals surface area contributed by atoms with Gasteiger partial charge in [0.2, 0.25) is 0 Å². The molecule has 0 aliphatic heterocycles. The Morgan fingerprint density at radius 1 is 1.21 bits per heavy atom. The van der Waals surface area contributed by atoms with Crippen molar-refractivity contribution in [3.05, 3.63) is 63.1 Å². The summed E-state index contributed by atoms with van der Waals surface area (Å²) >= 11 is 9.56. The van der Waals surface area contributed by atoms with Crippen LogP contribution in [0.15, 0.2) is 46.9 Å². The zero-order valence-electron chi connectivity index (χ0n) is 10.4. The molecule has 19 heavy (non-hydrogen) atoms. The number of ether oxygens (including phenoxy) is 1. The molecule has 0 spiro atoms. The smallest absolute Gasteiger partial charge is 0.118 e. The van der Waals surface area contributed by atoms with Gasteiger partial charge in [-0.05, 0) is 41.5 Å². The molecular formula is C14H14BrClN2O. The Kier molecular flexibility index (Phi) is 4.82. The molecule has 2 aromatic carbocycles. The first-order valence-electron chi connectivity index (χ1n) is 5.70. The van der Waals surface area contributed by atoms with Gasteiger partial charge in [-0.3, -0.25) is 5.84 Å². The summed E-state index contributed by atoms with van der Waals surface area (Å²) < 4.78 is 6.10. The lowest BCUT2D eigenvalue weighted by atomic mass is 9.99. The van der Waals surface area contributed by atoms with Crippen LogP contribution in [-0.4, -0.2) is 7.11 Å². The fourth-order valence-corrected chi connectivity index (χ4v) is 2.55. The largest absolute Gasteiger partial charge is 0.497 e. The Morgan fingerprint density at radius 3 is 2.47 bits per heavy atom. The van der Waals surface area contributed by atoms with Gasteiger partial charge in [0.1, 0.15) is 5.75 Å². The van der Waals surface area contributed by atoms with E-state index in [0.29, 0.717) is 5.02 Å². The van der Waals surface area contributed by atoms with E-state index in [0.717, 1.165) is 21.3 Å². The summed E-state index contributed by atoms with van der Waals surface area (Å²) in [5.41, 5.74) is 4.83. The van der Waals surface area contributed by atoms with Gasteiger partial charge in [0.25, 0.3) is 0 Å². The molecule has 0 saturated carbocycles. The summed E-state index contributed by atoms with van der Waals surface area (Å²) in [6, 6.07) is 13.2. The van der Waals surface area contributed by atoms with Gasteiger partial charge in [0, 0.05) is 9.50 Å². The van der Waals surface area contributed by atoms with Gasteiger partial charge in [-0.15, -0.1) is 0 Å². The molecular weight excluding hydrogens is 328 g/mol. The summed E-state index contributed by atoms with van der Waals surface area (Å²) in [7, 11) is 1.64. The van der Waals surface area contributed by atoms with Crippen molar-refractivity contribution in [2.75, 3.05) is 7.11 Å². The average molecular weight is 342 g/mol. The molecule has 0 aromatic heterocycles. The highest BCUT2D eigenvalue weighted by Crippen LogP contribution is 2.31. The van der Waals surface area contributed by atoms with Crippen LogP contribution in [0, 0.1) is 0 Å². The minimum atomic E-state index is -0.140. The van der Waals surface area contributed by atoms with E-state index in [1.54, 1.807) is 7.11 Å². The van der Waals surface area contributed by atoms with Crippen molar-refractivity contribution >= 4 is 27.5 Å². The van der Waals surface area contributed by atoms with Crippen molar-refractivity contribution in [1.82, 2.24) is 5.43 Å². The predicted octanol–water partition coefficient (Wildman–Crippen LogP) is 3.66. The number of nitrogens with one attached hydrogen (secondary N) is 1. The van der Waals surface area contributed by atoms with E-state index in [-0.39, 0.29) is 6.04 Å². The molecule has 0 amide bonds. The normalized spacial score (nSPS) is 12.2. The van der Waals surface area contributed by atoms with Crippen molar-refractivity contribution in [2.45, 2.75) is 6.04 Å². The van der Waals surface area contributed by atoms with Gasteiger partial charge in [-0.2, -0.15) is 0 Å². The predicted molar refractivity (Wildman–Crippen MR) is 81.3 cm³/mol. The van der Waals surface area contributed by atoms with Crippen LogP contribution < -0.4 is 16.0 Å². The number of methoxy groups -OCH3 is 1. The number of hydrogen-bond acceptors (Lipinski definition) is 3. The Balaban J connectivity index is 2.40. The third-order valence-corrected chi connectivity index (χ3v) is 3.84. The average Bonchev–Trinajstić information content (AvgIpc) is 2.44. The minimum absolute atomic E-state index is 0.140. The lowest BCUT2D eigenvalue weighted by Crippen LogP contribution is -2.29. The van der Waals surface area contributed by atoms with E-state index >= 15 is 0 Å². The summed E-state index contributed by atoms with van der Waals surface area (Å²) in [5, 5.41) is 0.673. The number of hydrazine groups is 1. The van der Waals surface area contributed by atoms with Crippen LogP contribution in [0.5, 0.6) is 5.75 Å². The van der Waals surface area contributed by atoms with Crippen LogP contribution >= 0.6 is 27.5 Å². The Hall–Kier alpha value is -1.07. The zero-order chi connectivity index (χ0) is 13.8. The second-order valence-corrected chi connectivity index (χ2v) is 5.33. The fourth-order valence-electron chi connectivity index (χ4n) is 1.90. The second-order valence-electron chi connectivity index (χ2n) is 4.04. The molecule has 3 nitrogen and oxygen atoms in total. The van der Waals surface area contributed by atoms with Crippen LogP contribution in [0.25, 0.3) is 0 Å². The molecule has 0 bridgehead atoms. The molecule has 3 N–H and O–H groups in total. The maximum absolute atomic E-state index is 6.04. The molecule has 2 rings (SSSR count). The summed E-state index contributed by atoms with van der Waals surface area (Å²) in [5.74, 6) is 6.49. The van der Waals surface area contributed by atoms with Gasteiger partial charge < -0.3 is 4.74 Å². The van der Waals surface area contributed by atoms with E-state index in [2.05, 4.69) is 21.4 Å². The Bertz CT molecular complexity index is 560. The van der Waals surface area contributed by atoms with E-state index in [9.17, 15) is 0 Å². The third-order valence-electron chi connectivity index (χ3n) is 2.88. The van der Waals surface area contributed by atoms with Crippen LogP contribution in [0.4, 0.5) is 0 Å². The molecule has 0 aliphatic carbocycles. The standard InChI is InChI=1S/C14H14BrClN2O/c1-19-11-5-2-9(3-6-11)14(18-17)12-8-10(16)4-7-13(12)15/h2-8,14,18H,17H2,1H3. The molecule has 5 heteroatoms. The number of rotatable bonds is 4. The number of hydrogen-bond donors (Lipinski definition) is 2. The first-order valence-corrected chi connectivity index (χ1v) is 6.88. The number of nitrogens with two attached hydrogens (primary N) is 1. The second kappa shape index (κ2) is 6.39. The molecule has 0 radical (unpaired) electrons. The van der Waals surface area contributed by atoms with Crippen molar-refractivity contribution in [1.29, 1.82) is 0 Å². The fraction of sp³-hybridized carbons (Fsp3) is 0.143. The van der Waals surface area contributed by atoms with Gasteiger partial charge in [0.05, 0.1) is 13.2 Å². The van der Waals surface area contributed by atoms with Crippen LogP contribution in [0.1, 0.15) is 17.2 Å². The van der Waals surface area contributed by atoms with Crippen LogP contribution in [0.2, 0.25) is 5.02 Å². The monoisotopic (exact) mass is 340 g/mol. The first kappa shape index (κ1) is 14.3. The topological polar surface area (TPSA) is 47.3 Å². The van der Waals surface area contributed by atoms with Gasteiger partial charge in [0.15, 0.2) is 0 Å². The van der Waals surface area contributed by atoms with Crippen molar-refractivity contribution in [3.8, 4) is 5.75 Å². The molecule has 0 heterocycles. The third kappa shape index (κ3) is 3.28. The molecule has 0 saturated heterocycles. The summed E-state index contributed by atoms with van der Waals surface area (Å²) in [6.45, 7) is 0. The summed E-state index contributed by atoms with van der Waals surface area (Å²) in [4.78, 5) is 0. The zero-order valence-corrected chi connectivity index (χ0v) is 12.7. The Labute approximate surface area is 125 Å². The van der Waals surface area contributed by atoms with Gasteiger partial charge in [-0.25, -0.2) is 5.43 Å². The highest BCUT2D eigenvalue weighted by Gasteiger charge is 2.15. The molecule has 0 fully saturated rings. The van der Waals surface area contributed by atoms with Crippen molar-refractivity contribution in [2.24, 2.45) is 5.84 Å². The van der Waals surface area contributed by atoms with Gasteiger partial charge in [-0.1, -0.05) is 39.7 Å². The maximum atomic E-state index is 6.04. The van der Waals surface area contributed by atoms with Crippen LogP contribution in [0.3, 0.4) is 0 Å². The lowest BCUT2D eigenvalue weighted by Gasteiger charge is -2.19. The molecule has 1 atom stereocenters. The molecule has 2 aromatic rings. The van der Waals surface area contributed by atoms with E-state index < -0.39 is 0 Å². The first-order chi connectivity index (χ1) is 9.15. The quantitative estimate of drug-likeness (QED) is 0.659. The van der Waals surface area contributed by atoms with E-state index in [1.807, 2.05) is 42.5 Å². The van der Waals surface area contributed by atoms with Gasteiger partial charge >= 0.3 is 0 Å². The maximum Gasteiger partial charge on any atom is 0.118 e. The molecule has 1 unspecified atom stereocenters. The van der Waals surface area contributed by atoms with E-state index in [1.165, 1.54) is 0 Å². The van der Waals surface area contributed by atoms with Crippen LogP contribution in [-0.2, 0) is 0 Å². The highest BCUT2D eigenvalue weighted by atomic mass is 79.9. The summed E-state index contributed by atoms with van der Waals surface area (Å²) in [6.07, 6.45) is 0. The Morgan fingerprint density at radius 2 is 1.89 bits per heavy atom.